The van der Waals surface area contributed by atoms with Crippen LogP contribution in [0, 0.1) is 0 Å². The highest BCUT2D eigenvalue weighted by molar-refractivity contribution is 7.99. The van der Waals surface area contributed by atoms with Gasteiger partial charge < -0.3 is 20.5 Å². The molecule has 1 unspecified atom stereocenters. The molecule has 1 aliphatic rings. The van der Waals surface area contributed by atoms with Crippen LogP contribution in [0.25, 0.3) is 0 Å². The third-order valence-electron chi connectivity index (χ3n) is 5.14. The summed E-state index contributed by atoms with van der Waals surface area (Å²) < 4.78 is 6.04. The minimum atomic E-state index is -0.863. The van der Waals surface area contributed by atoms with Crippen LogP contribution < -0.4 is 15.4 Å². The molecule has 0 saturated carbocycles. The lowest BCUT2D eigenvalue weighted by Crippen LogP contribution is -2.30. The van der Waals surface area contributed by atoms with E-state index in [9.17, 15) is 14.7 Å². The maximum absolute atomic E-state index is 12.2. The third-order valence-corrected chi connectivity index (χ3v) is 6.42. The number of hydrogen-bond donors (Lipinski definition) is 3. The van der Waals surface area contributed by atoms with Crippen molar-refractivity contribution < 1.29 is 19.4 Å². The van der Waals surface area contributed by atoms with Crippen LogP contribution >= 0.6 is 11.8 Å². The van der Waals surface area contributed by atoms with Gasteiger partial charge in [0.05, 0.1) is 11.7 Å². The second-order valence-electron chi connectivity index (χ2n) is 7.43. The summed E-state index contributed by atoms with van der Waals surface area (Å²) in [6.45, 7) is 0.962. The standard InChI is InChI=1S/C25H24N2O4S/c28-23(29)15-17-10-11-22-21(14-17)24(20-9-5-4-6-18(20)16-31-22)32-13-12-26-25(30)27-19-7-2-1-3-8-19/h1-11,14,24H,12-13,15-16H2,(H,28,29)(H2,26,27,30). The molecule has 32 heavy (non-hydrogen) atoms. The van der Waals surface area contributed by atoms with Crippen molar-refractivity contribution in [1.82, 2.24) is 5.32 Å². The number of fused-ring (bicyclic) bond motifs is 2. The summed E-state index contributed by atoms with van der Waals surface area (Å²) in [5, 5.41) is 14.9. The maximum atomic E-state index is 12.2. The number of rotatable bonds is 7. The Morgan fingerprint density at radius 1 is 1.00 bits per heavy atom. The van der Waals surface area contributed by atoms with Crippen LogP contribution in [0.1, 0.15) is 27.5 Å². The minimum Gasteiger partial charge on any atom is -0.489 e. The van der Waals surface area contributed by atoms with Gasteiger partial charge in [-0.1, -0.05) is 54.6 Å². The number of carboxylic acid groups (broad SMARTS) is 1. The molecule has 2 amide bonds. The lowest BCUT2D eigenvalue weighted by molar-refractivity contribution is -0.136. The van der Waals surface area contributed by atoms with Crippen LogP contribution in [-0.2, 0) is 17.8 Å². The summed E-state index contributed by atoms with van der Waals surface area (Å²) in [5.74, 6) is 0.587. The van der Waals surface area contributed by atoms with Gasteiger partial charge >= 0.3 is 12.0 Å². The molecule has 7 heteroatoms. The van der Waals surface area contributed by atoms with Gasteiger partial charge in [0.15, 0.2) is 0 Å². The van der Waals surface area contributed by atoms with Gasteiger partial charge in [-0.3, -0.25) is 4.79 Å². The maximum Gasteiger partial charge on any atom is 0.319 e. The van der Waals surface area contributed by atoms with Gasteiger partial charge in [0.2, 0.25) is 0 Å². The van der Waals surface area contributed by atoms with Crippen LogP contribution in [0.5, 0.6) is 5.75 Å². The SMILES string of the molecule is O=C(O)Cc1ccc2c(c1)C(SCCNC(=O)Nc1ccccc1)c1ccccc1CO2. The number of ether oxygens (including phenoxy) is 1. The highest BCUT2D eigenvalue weighted by Gasteiger charge is 2.25. The number of para-hydroxylation sites is 1. The average Bonchev–Trinajstić information content (AvgIpc) is 2.94. The summed E-state index contributed by atoms with van der Waals surface area (Å²) in [6.07, 6.45) is -0.0342. The van der Waals surface area contributed by atoms with Crippen molar-refractivity contribution in [2.75, 3.05) is 17.6 Å². The second kappa shape index (κ2) is 10.2. The minimum absolute atomic E-state index is 0.0172. The van der Waals surface area contributed by atoms with E-state index in [1.807, 2.05) is 54.6 Å². The zero-order valence-corrected chi connectivity index (χ0v) is 18.2. The fraction of sp³-hybridized carbons (Fsp3) is 0.200. The van der Waals surface area contributed by atoms with Crippen LogP contribution in [0.3, 0.4) is 0 Å². The summed E-state index contributed by atoms with van der Waals surface area (Å²) in [6, 6.07) is 22.8. The van der Waals surface area contributed by atoms with Crippen molar-refractivity contribution in [2.45, 2.75) is 18.3 Å². The predicted molar refractivity (Wildman–Crippen MR) is 126 cm³/mol. The van der Waals surface area contributed by atoms with E-state index in [1.54, 1.807) is 17.8 Å². The fourth-order valence-electron chi connectivity index (χ4n) is 3.68. The lowest BCUT2D eigenvalue weighted by atomic mass is 9.98. The van der Waals surface area contributed by atoms with Gasteiger partial charge in [0.25, 0.3) is 0 Å². The molecular formula is C25H24N2O4S. The lowest BCUT2D eigenvalue weighted by Gasteiger charge is -2.19. The van der Waals surface area contributed by atoms with E-state index in [4.69, 9.17) is 4.74 Å². The summed E-state index contributed by atoms with van der Waals surface area (Å²) in [4.78, 5) is 23.4. The number of carbonyl (C=O) groups is 2. The van der Waals surface area contributed by atoms with Gasteiger partial charge in [0.1, 0.15) is 12.4 Å². The van der Waals surface area contributed by atoms with Gasteiger partial charge in [-0.15, -0.1) is 11.8 Å². The Bertz CT molecular complexity index is 1100. The Labute approximate surface area is 191 Å². The normalized spacial score (nSPS) is 14.3. The zero-order valence-electron chi connectivity index (χ0n) is 17.4. The first-order valence-electron chi connectivity index (χ1n) is 10.4. The average molecular weight is 449 g/mol. The van der Waals surface area contributed by atoms with Crippen LogP contribution in [0.15, 0.2) is 72.8 Å². The number of carboxylic acids is 1. The first-order valence-corrected chi connectivity index (χ1v) is 11.4. The van der Waals surface area contributed by atoms with E-state index < -0.39 is 5.97 Å². The molecule has 3 aromatic rings. The Morgan fingerprint density at radius 3 is 2.59 bits per heavy atom. The highest BCUT2D eigenvalue weighted by Crippen LogP contribution is 2.44. The first-order chi connectivity index (χ1) is 15.6. The van der Waals surface area contributed by atoms with Crippen molar-refractivity contribution in [3.63, 3.8) is 0 Å². The Balaban J connectivity index is 1.47. The van der Waals surface area contributed by atoms with Crippen LogP contribution in [0.2, 0.25) is 0 Å². The molecule has 1 aliphatic heterocycles. The van der Waals surface area contributed by atoms with E-state index in [2.05, 4.69) is 22.8 Å². The van der Waals surface area contributed by atoms with Crippen LogP contribution in [-0.4, -0.2) is 29.4 Å². The van der Waals surface area contributed by atoms with Crippen LogP contribution in [0.4, 0.5) is 10.5 Å². The first kappa shape index (κ1) is 21.8. The van der Waals surface area contributed by atoms with Crippen molar-refractivity contribution in [3.8, 4) is 5.75 Å². The van der Waals surface area contributed by atoms with Gasteiger partial charge in [0, 0.05) is 23.5 Å². The van der Waals surface area contributed by atoms with Crippen molar-refractivity contribution in [3.05, 3.63) is 95.1 Å². The molecule has 0 bridgehead atoms. The molecule has 1 heterocycles. The molecule has 0 aromatic heterocycles. The topological polar surface area (TPSA) is 87.7 Å². The highest BCUT2D eigenvalue weighted by atomic mass is 32.2. The second-order valence-corrected chi connectivity index (χ2v) is 8.64. The summed E-state index contributed by atoms with van der Waals surface area (Å²) >= 11 is 1.70. The molecule has 3 aromatic carbocycles. The molecule has 1 atom stereocenters. The van der Waals surface area contributed by atoms with E-state index in [-0.39, 0.29) is 17.7 Å². The number of urea groups is 1. The molecule has 0 spiro atoms. The molecule has 0 aliphatic carbocycles. The van der Waals surface area contributed by atoms with Crippen molar-refractivity contribution in [2.24, 2.45) is 0 Å². The fourth-order valence-corrected chi connectivity index (χ4v) is 4.91. The van der Waals surface area contributed by atoms with E-state index >= 15 is 0 Å². The Hall–Kier alpha value is -3.45. The zero-order chi connectivity index (χ0) is 22.3. The van der Waals surface area contributed by atoms with E-state index in [1.165, 1.54) is 0 Å². The van der Waals surface area contributed by atoms with Gasteiger partial charge in [-0.05, 0) is 34.9 Å². The number of nitrogens with one attached hydrogen (secondary N) is 2. The molecule has 0 radical (unpaired) electrons. The number of aliphatic carboxylic acids is 1. The predicted octanol–water partition coefficient (Wildman–Crippen LogP) is 4.85. The van der Waals surface area contributed by atoms with E-state index in [0.717, 1.165) is 33.7 Å². The molecule has 0 fully saturated rings. The summed E-state index contributed by atoms with van der Waals surface area (Å²) in [5.41, 5.74) is 4.71. The van der Waals surface area contributed by atoms with Gasteiger partial charge in [-0.25, -0.2) is 4.79 Å². The van der Waals surface area contributed by atoms with Crippen molar-refractivity contribution >= 4 is 29.4 Å². The van der Waals surface area contributed by atoms with E-state index in [0.29, 0.717) is 18.9 Å². The third kappa shape index (κ3) is 5.42. The number of hydrogen-bond acceptors (Lipinski definition) is 4. The van der Waals surface area contributed by atoms with Crippen molar-refractivity contribution in [1.29, 1.82) is 0 Å². The Kier molecular flexibility index (Phi) is 6.97. The molecular weight excluding hydrogens is 424 g/mol. The smallest absolute Gasteiger partial charge is 0.319 e. The molecule has 0 saturated heterocycles. The number of thioether (sulfide) groups is 1. The molecule has 3 N–H and O–H groups in total. The Morgan fingerprint density at radius 2 is 1.78 bits per heavy atom. The summed E-state index contributed by atoms with van der Waals surface area (Å²) in [7, 11) is 0. The molecule has 6 nitrogen and oxygen atoms in total. The number of benzene rings is 3. The number of amides is 2. The quantitative estimate of drug-likeness (QED) is 0.450. The monoisotopic (exact) mass is 448 g/mol. The largest absolute Gasteiger partial charge is 0.489 e. The number of carbonyl (C=O) groups excluding carboxylic acids is 1. The molecule has 164 valence electrons. The molecule has 4 rings (SSSR count). The number of anilines is 1. The van der Waals surface area contributed by atoms with Gasteiger partial charge in [-0.2, -0.15) is 0 Å².